The molecule has 0 N–H and O–H groups in total. The summed E-state index contributed by atoms with van der Waals surface area (Å²) in [6, 6.07) is 8.69. The van der Waals surface area contributed by atoms with Crippen LogP contribution in [0.15, 0.2) is 36.4 Å². The van der Waals surface area contributed by atoms with Crippen molar-refractivity contribution in [3.05, 3.63) is 69.8 Å². The molecule has 0 bridgehead atoms. The maximum atomic E-state index is 16.3. The van der Waals surface area contributed by atoms with Gasteiger partial charge in [0.25, 0.3) is 0 Å². The standard InChI is InChI=1S/C113H202O13/c1-37-49-61-73-98(13,14)106(29,30)110(81-57-45-9,102(21,22)77-65-53-41-5)123-119-94(115)89-71-69-87(85-91(89)96(117)121-125-112(83-59-47-11,104(25,26)79-67-55-43-7)108(33,34)100(17,18)75-63-51-39-3)93(114)88-70-72-90(95(116)120-124-111(82-58-46-10,103(23,24)78-66-54-42-6)107(31,32)99(15,16)74-62-50-38-2)92(86-88)97(118)122-126-113(84-60-48-12,105(27,28)80-68-56-44-8)109(35,36)101(19,20)76-64-52-40-4/h69-72,85-86H,37-68,73-84H2,1-36H3. The van der Waals surface area contributed by atoms with Gasteiger partial charge in [0.15, 0.2) is 5.78 Å². The van der Waals surface area contributed by atoms with E-state index in [1.807, 2.05) is 0 Å². The topological polar surface area (TPSA) is 159 Å². The minimum atomic E-state index is -1.09. The van der Waals surface area contributed by atoms with Crippen molar-refractivity contribution in [1.82, 2.24) is 0 Å². The molecule has 13 nitrogen and oxygen atoms in total. The molecule has 732 valence electrons. The number of carbonyl (C=O) groups is 5. The van der Waals surface area contributed by atoms with Crippen LogP contribution in [-0.2, 0) is 39.1 Å². The van der Waals surface area contributed by atoms with Gasteiger partial charge < -0.3 is 0 Å². The van der Waals surface area contributed by atoms with Crippen molar-refractivity contribution in [3.63, 3.8) is 0 Å². The van der Waals surface area contributed by atoms with Gasteiger partial charge in [0.05, 0.1) is 22.3 Å². The van der Waals surface area contributed by atoms with Crippen LogP contribution in [0.25, 0.3) is 0 Å². The minimum Gasteiger partial charge on any atom is -0.292 e. The predicted molar refractivity (Wildman–Crippen MR) is 530 cm³/mol. The number of carbonyl (C=O) groups excluding carboxylic acids is 5. The summed E-state index contributed by atoms with van der Waals surface area (Å²) in [5.74, 6) is -4.49. The molecular weight excluding hydrogens is 1570 g/mol. The van der Waals surface area contributed by atoms with Crippen molar-refractivity contribution in [2.45, 2.75) is 554 Å². The summed E-state index contributed by atoms with van der Waals surface area (Å²) in [7, 11) is 0. The number of unbranched alkanes of at least 4 members (excludes halogenated alkanes) is 20. The fraction of sp³-hybridized carbons (Fsp3) is 0.850. The summed E-state index contributed by atoms with van der Waals surface area (Å²) in [6.07, 6.45) is 40.6. The maximum absolute atomic E-state index is 16.3. The van der Waals surface area contributed by atoms with E-state index in [0.29, 0.717) is 25.7 Å². The number of ketones is 1. The first-order valence-corrected chi connectivity index (χ1v) is 52.0. The van der Waals surface area contributed by atoms with Crippen molar-refractivity contribution < 1.29 is 63.1 Å². The monoisotopic (exact) mass is 1770 g/mol. The summed E-state index contributed by atoms with van der Waals surface area (Å²) >= 11 is 0. The van der Waals surface area contributed by atoms with Crippen LogP contribution in [0.5, 0.6) is 0 Å². The third kappa shape index (κ3) is 28.0. The molecule has 0 spiro atoms. The van der Waals surface area contributed by atoms with Crippen LogP contribution in [0, 0.1) is 65.0 Å². The zero-order chi connectivity index (χ0) is 96.4. The zero-order valence-electron chi connectivity index (χ0n) is 89.4. The third-order valence-corrected chi connectivity index (χ3v) is 34.4. The highest BCUT2D eigenvalue weighted by molar-refractivity contribution is 6.13. The van der Waals surface area contributed by atoms with Gasteiger partial charge in [-0.2, -0.15) is 19.6 Å². The molecule has 0 saturated heterocycles. The smallest absolute Gasteiger partial charge is 0.292 e. The quantitative estimate of drug-likeness (QED) is 0.0267. The Bertz CT molecular complexity index is 3290. The number of rotatable bonds is 70. The Morgan fingerprint density at radius 2 is 0.357 bits per heavy atom. The van der Waals surface area contributed by atoms with Crippen LogP contribution >= 0.6 is 0 Å². The van der Waals surface area contributed by atoms with E-state index in [1.54, 1.807) is 0 Å². The van der Waals surface area contributed by atoms with E-state index in [2.05, 4.69) is 249 Å². The minimum absolute atomic E-state index is 0.0262. The molecule has 0 fully saturated rings. The molecule has 0 aliphatic carbocycles. The van der Waals surface area contributed by atoms with Gasteiger partial charge in [-0.3, -0.25) is 24.3 Å². The average molecular weight is 1770 g/mol. The molecular formula is C113H202O13. The molecule has 4 unspecified atom stereocenters. The summed E-state index contributed by atoms with van der Waals surface area (Å²) in [5, 5.41) is 0. The molecule has 126 heavy (non-hydrogen) atoms. The average Bonchev–Trinajstić information content (AvgIpc) is 0.736. The van der Waals surface area contributed by atoms with E-state index >= 15 is 24.0 Å². The first-order valence-electron chi connectivity index (χ1n) is 52.0. The van der Waals surface area contributed by atoms with Gasteiger partial charge in [0.1, 0.15) is 22.4 Å². The second-order valence-corrected chi connectivity index (χ2v) is 46.6. The lowest BCUT2D eigenvalue weighted by Crippen LogP contribution is -2.62. The van der Waals surface area contributed by atoms with Gasteiger partial charge in [0, 0.05) is 32.8 Å². The third-order valence-electron chi connectivity index (χ3n) is 34.4. The second-order valence-electron chi connectivity index (χ2n) is 46.6. The molecule has 0 amide bonds. The first kappa shape index (κ1) is 118. The zero-order valence-corrected chi connectivity index (χ0v) is 89.4. The molecule has 0 radical (unpaired) electrons. The summed E-state index contributed by atoms with van der Waals surface area (Å²) in [5.41, 5.74) is -11.2. The van der Waals surface area contributed by atoms with Gasteiger partial charge in [-0.25, -0.2) is 19.2 Å². The lowest BCUT2D eigenvalue weighted by Gasteiger charge is -2.60. The van der Waals surface area contributed by atoms with Gasteiger partial charge in [-0.1, -0.05) is 467 Å². The van der Waals surface area contributed by atoms with E-state index < -0.39 is 95.4 Å². The van der Waals surface area contributed by atoms with E-state index in [9.17, 15) is 0 Å². The van der Waals surface area contributed by atoms with Crippen molar-refractivity contribution in [3.8, 4) is 0 Å². The Labute approximate surface area is 777 Å². The van der Waals surface area contributed by atoms with Crippen LogP contribution in [0.4, 0.5) is 0 Å². The van der Waals surface area contributed by atoms with Gasteiger partial charge in [-0.05, 0) is 145 Å². The predicted octanol–water partition coefficient (Wildman–Crippen LogP) is 35.9. The Morgan fingerprint density at radius 3 is 0.524 bits per heavy atom. The van der Waals surface area contributed by atoms with Crippen LogP contribution in [0.1, 0.15) is 589 Å². The molecule has 4 atom stereocenters. The van der Waals surface area contributed by atoms with E-state index in [1.165, 1.54) is 36.4 Å². The fourth-order valence-electron chi connectivity index (χ4n) is 22.4. The van der Waals surface area contributed by atoms with Crippen molar-refractivity contribution in [2.24, 2.45) is 65.0 Å². The van der Waals surface area contributed by atoms with Crippen LogP contribution in [0.2, 0.25) is 0 Å². The Balaban J connectivity index is 3.68. The molecule has 2 aromatic carbocycles. The number of hydrogen-bond acceptors (Lipinski definition) is 13. The van der Waals surface area contributed by atoms with Crippen molar-refractivity contribution in [1.29, 1.82) is 0 Å². The molecule has 2 aromatic rings. The number of benzene rings is 2. The van der Waals surface area contributed by atoms with Crippen LogP contribution < -0.4 is 0 Å². The highest BCUT2D eigenvalue weighted by Gasteiger charge is 2.67. The van der Waals surface area contributed by atoms with E-state index in [4.69, 9.17) is 39.1 Å². The number of hydrogen-bond donors (Lipinski definition) is 0. The maximum Gasteiger partial charge on any atom is 0.374 e. The van der Waals surface area contributed by atoms with E-state index in [0.717, 1.165) is 257 Å². The summed E-state index contributed by atoms with van der Waals surface area (Å²) < 4.78 is 0. The largest absolute Gasteiger partial charge is 0.374 e. The Hall–Kier alpha value is -4.17. The molecule has 13 heteroatoms. The Morgan fingerprint density at radius 1 is 0.198 bits per heavy atom. The van der Waals surface area contributed by atoms with Crippen LogP contribution in [0.3, 0.4) is 0 Å². The van der Waals surface area contributed by atoms with Crippen molar-refractivity contribution >= 4 is 29.7 Å². The molecule has 2 rings (SSSR count). The van der Waals surface area contributed by atoms with Gasteiger partial charge in [-0.15, -0.1) is 0 Å². The molecule has 0 aliphatic heterocycles. The van der Waals surface area contributed by atoms with Gasteiger partial charge in [0.2, 0.25) is 0 Å². The SMILES string of the molecule is CCCCCC(C)(C)C(C)(C)C(CCCC)(OOC(=O)c1ccc(C(=O)c2ccc(C(=O)OOC(CCCC)(C(C)(C)CCCCC)C(C)(C)C(C)(C)CCCCC)c(C(=O)OOC(CCCC)(C(C)(C)CCCCC)C(C)(C)C(C)(C)CCCCC)c2)cc1C(=O)OOC(CCCC)(C(C)(C)CCCCC)C(C)(C)C(C)(C)CCCCC)C(C)(C)CCCCC. The van der Waals surface area contributed by atoms with Crippen molar-refractivity contribution in [2.75, 3.05) is 0 Å². The van der Waals surface area contributed by atoms with E-state index in [-0.39, 0.29) is 55.0 Å². The molecule has 0 saturated carbocycles. The normalized spacial score (nSPS) is 15.3. The lowest BCUT2D eigenvalue weighted by atomic mass is 9.49. The molecule has 0 heterocycles. The Kier molecular flexibility index (Phi) is 48.6. The fourth-order valence-corrected chi connectivity index (χ4v) is 22.4. The highest BCUT2D eigenvalue weighted by Crippen LogP contribution is 2.66. The van der Waals surface area contributed by atoms with Crippen LogP contribution in [-0.4, -0.2) is 52.1 Å². The first-order chi connectivity index (χ1) is 58.6. The highest BCUT2D eigenvalue weighted by atomic mass is 17.2. The summed E-state index contributed by atoms with van der Waals surface area (Å²) in [4.78, 5) is 136. The summed E-state index contributed by atoms with van der Waals surface area (Å²) in [6.45, 7) is 81.5. The molecule has 0 aromatic heterocycles. The van der Waals surface area contributed by atoms with Gasteiger partial charge >= 0.3 is 23.9 Å². The molecule has 0 aliphatic rings. The second kappa shape index (κ2) is 51.9. The lowest BCUT2D eigenvalue weighted by molar-refractivity contribution is -0.389.